The van der Waals surface area contributed by atoms with Gasteiger partial charge in [-0.1, -0.05) is 37.4 Å². The van der Waals surface area contributed by atoms with E-state index in [1.165, 1.54) is 30.4 Å². The van der Waals surface area contributed by atoms with Gasteiger partial charge in [0, 0.05) is 32.3 Å². The van der Waals surface area contributed by atoms with Crippen LogP contribution in [0.5, 0.6) is 0 Å². The number of nitrogens with zero attached hydrogens (tertiary/aromatic N) is 2. The predicted molar refractivity (Wildman–Crippen MR) is 95.8 cm³/mol. The van der Waals surface area contributed by atoms with Crippen molar-refractivity contribution in [1.82, 2.24) is 9.21 Å². The smallest absolute Gasteiger partial charge is 0.246 e. The van der Waals surface area contributed by atoms with Crippen molar-refractivity contribution in [3.63, 3.8) is 0 Å². The molecule has 1 amide bonds. The summed E-state index contributed by atoms with van der Waals surface area (Å²) in [7, 11) is 0. The van der Waals surface area contributed by atoms with Crippen molar-refractivity contribution < 1.29 is 4.79 Å². The highest BCUT2D eigenvalue weighted by Crippen LogP contribution is 2.40. The summed E-state index contributed by atoms with van der Waals surface area (Å²) in [5, 5.41) is 0. The minimum Gasteiger partial charge on any atom is -0.338 e. The molecule has 0 aromatic rings. The molecule has 0 N–H and O–H groups in total. The summed E-state index contributed by atoms with van der Waals surface area (Å²) in [5.41, 5.74) is 3.02. The number of carbonyl (C=O) groups excluding carboxylic acids is 1. The van der Waals surface area contributed by atoms with Crippen molar-refractivity contribution in [2.45, 2.75) is 46.5 Å². The topological polar surface area (TPSA) is 23.6 Å². The number of allylic oxidation sites excluding steroid dienone is 3. The summed E-state index contributed by atoms with van der Waals surface area (Å²) in [6.07, 6.45) is 10.7. The van der Waals surface area contributed by atoms with E-state index in [2.05, 4.69) is 37.4 Å². The van der Waals surface area contributed by atoms with Gasteiger partial charge in [0.15, 0.2) is 0 Å². The van der Waals surface area contributed by atoms with Gasteiger partial charge in [-0.3, -0.25) is 4.79 Å². The molecule has 4 heteroatoms. The molecule has 0 aromatic heterocycles. The van der Waals surface area contributed by atoms with Gasteiger partial charge in [0.1, 0.15) is 0 Å². The maximum Gasteiger partial charge on any atom is 0.246 e. The third-order valence-electron chi connectivity index (χ3n) is 4.96. The van der Waals surface area contributed by atoms with Crippen LogP contribution in [0.1, 0.15) is 46.5 Å². The molecular weight excluding hydrogens is 292 g/mol. The molecule has 1 aliphatic carbocycles. The van der Waals surface area contributed by atoms with E-state index in [0.29, 0.717) is 0 Å². The molecule has 0 saturated carbocycles. The Hall–Kier alpha value is -0.740. The lowest BCUT2D eigenvalue weighted by Crippen LogP contribution is -2.33. The second-order valence-corrected chi connectivity index (χ2v) is 7.94. The molecule has 0 spiro atoms. The fourth-order valence-electron chi connectivity index (χ4n) is 3.57. The Balaban J connectivity index is 2.02. The van der Waals surface area contributed by atoms with E-state index in [1.807, 2.05) is 4.90 Å². The molecule has 0 unspecified atom stereocenters. The van der Waals surface area contributed by atoms with Gasteiger partial charge in [-0.05, 0) is 49.9 Å². The highest BCUT2D eigenvalue weighted by atomic mass is 32.2. The fraction of sp³-hybridized carbons (Fsp3) is 0.722. The van der Waals surface area contributed by atoms with Crippen LogP contribution in [-0.2, 0) is 4.79 Å². The van der Waals surface area contributed by atoms with Crippen molar-refractivity contribution in [3.05, 3.63) is 23.3 Å². The molecule has 0 bridgehead atoms. The highest BCUT2D eigenvalue weighted by molar-refractivity contribution is 7.96. The molecule has 0 radical (unpaired) electrons. The number of rotatable bonds is 3. The summed E-state index contributed by atoms with van der Waals surface area (Å²) in [6, 6.07) is 0. The van der Waals surface area contributed by atoms with Crippen LogP contribution in [0.2, 0.25) is 0 Å². The van der Waals surface area contributed by atoms with E-state index in [0.717, 1.165) is 32.6 Å². The van der Waals surface area contributed by atoms with Crippen molar-refractivity contribution >= 4 is 17.9 Å². The first-order valence-corrected chi connectivity index (χ1v) is 9.58. The first kappa shape index (κ1) is 17.6. The van der Waals surface area contributed by atoms with Crippen LogP contribution >= 0.6 is 11.9 Å². The molecule has 22 heavy (non-hydrogen) atoms. The van der Waals surface area contributed by atoms with Crippen molar-refractivity contribution in [1.29, 1.82) is 0 Å². The van der Waals surface area contributed by atoms with Crippen LogP contribution in [0, 0.1) is 5.41 Å². The Bertz CT molecular complexity index is 468. The number of amides is 1. The van der Waals surface area contributed by atoms with Gasteiger partial charge in [0.25, 0.3) is 0 Å². The van der Waals surface area contributed by atoms with Gasteiger partial charge >= 0.3 is 0 Å². The standard InChI is InChI=1S/C18H30N2OS/c1-15-7-5-10-18(2,3)16(15)8-9-17(21)19-11-6-12-20(22-4)14-13-19/h8-9H,5-7,10-14H2,1-4H3/b9-8+. The lowest BCUT2D eigenvalue weighted by Gasteiger charge is -2.33. The quantitative estimate of drug-likeness (QED) is 0.582. The summed E-state index contributed by atoms with van der Waals surface area (Å²) in [4.78, 5) is 14.5. The molecule has 1 saturated heterocycles. The first-order valence-electron chi connectivity index (χ1n) is 8.40. The Morgan fingerprint density at radius 3 is 2.64 bits per heavy atom. The van der Waals surface area contributed by atoms with E-state index >= 15 is 0 Å². The predicted octanol–water partition coefficient (Wildman–Crippen LogP) is 3.88. The number of hydrogen-bond donors (Lipinski definition) is 0. The number of carbonyl (C=O) groups is 1. The molecule has 0 aromatic carbocycles. The van der Waals surface area contributed by atoms with Crippen LogP contribution in [0.25, 0.3) is 0 Å². The highest BCUT2D eigenvalue weighted by Gasteiger charge is 2.27. The van der Waals surface area contributed by atoms with Crippen LogP contribution in [0.4, 0.5) is 0 Å². The van der Waals surface area contributed by atoms with E-state index in [4.69, 9.17) is 0 Å². The van der Waals surface area contributed by atoms with Crippen LogP contribution < -0.4 is 0 Å². The first-order chi connectivity index (χ1) is 10.4. The van der Waals surface area contributed by atoms with Gasteiger partial charge in [-0.25, -0.2) is 4.31 Å². The Morgan fingerprint density at radius 1 is 1.18 bits per heavy atom. The molecule has 0 atom stereocenters. The zero-order valence-corrected chi connectivity index (χ0v) is 15.3. The molecule has 2 rings (SSSR count). The van der Waals surface area contributed by atoms with E-state index in [1.54, 1.807) is 18.0 Å². The van der Waals surface area contributed by atoms with Crippen LogP contribution in [-0.4, -0.2) is 47.5 Å². The van der Waals surface area contributed by atoms with E-state index in [-0.39, 0.29) is 11.3 Å². The molecular formula is C18H30N2OS. The summed E-state index contributed by atoms with van der Waals surface area (Å²) in [5.74, 6) is 0.171. The van der Waals surface area contributed by atoms with Gasteiger partial charge < -0.3 is 4.90 Å². The lowest BCUT2D eigenvalue weighted by atomic mass is 9.72. The van der Waals surface area contributed by atoms with Gasteiger partial charge in [0.05, 0.1) is 0 Å². The molecule has 1 fully saturated rings. The van der Waals surface area contributed by atoms with Gasteiger partial charge in [-0.2, -0.15) is 0 Å². The Morgan fingerprint density at radius 2 is 1.95 bits per heavy atom. The molecule has 2 aliphatic rings. The largest absolute Gasteiger partial charge is 0.338 e. The second-order valence-electron chi connectivity index (χ2n) is 7.06. The molecule has 3 nitrogen and oxygen atoms in total. The minimum absolute atomic E-state index is 0.171. The summed E-state index contributed by atoms with van der Waals surface area (Å²) in [6.45, 7) is 10.6. The normalized spacial score (nSPS) is 23.9. The minimum atomic E-state index is 0.171. The Kier molecular flexibility index (Phi) is 6.16. The average molecular weight is 323 g/mol. The zero-order valence-electron chi connectivity index (χ0n) is 14.5. The molecule has 1 aliphatic heterocycles. The van der Waals surface area contributed by atoms with Crippen molar-refractivity contribution in [2.24, 2.45) is 5.41 Å². The van der Waals surface area contributed by atoms with Crippen LogP contribution in [0.15, 0.2) is 23.3 Å². The van der Waals surface area contributed by atoms with E-state index in [9.17, 15) is 4.79 Å². The van der Waals surface area contributed by atoms with E-state index < -0.39 is 0 Å². The monoisotopic (exact) mass is 322 g/mol. The maximum absolute atomic E-state index is 12.5. The summed E-state index contributed by atoms with van der Waals surface area (Å²) >= 11 is 1.78. The molecule has 124 valence electrons. The number of hydrogen-bond acceptors (Lipinski definition) is 3. The maximum atomic E-state index is 12.5. The fourth-order valence-corrected chi connectivity index (χ4v) is 4.14. The Labute approximate surface area is 139 Å². The zero-order chi connectivity index (χ0) is 16.2. The van der Waals surface area contributed by atoms with Gasteiger partial charge in [-0.15, -0.1) is 0 Å². The SMILES string of the molecule is CSN1CCCN(C(=O)/C=C/C2=C(C)CCCC2(C)C)CC1. The third kappa shape index (κ3) is 4.39. The molecule has 1 heterocycles. The third-order valence-corrected chi connectivity index (χ3v) is 5.84. The van der Waals surface area contributed by atoms with Crippen molar-refractivity contribution in [2.75, 3.05) is 32.4 Å². The van der Waals surface area contributed by atoms with Crippen molar-refractivity contribution in [3.8, 4) is 0 Å². The summed E-state index contributed by atoms with van der Waals surface area (Å²) < 4.78 is 2.34. The van der Waals surface area contributed by atoms with Gasteiger partial charge in [0.2, 0.25) is 5.91 Å². The lowest BCUT2D eigenvalue weighted by molar-refractivity contribution is -0.125. The second kappa shape index (κ2) is 7.69. The van der Waals surface area contributed by atoms with Crippen LogP contribution in [0.3, 0.4) is 0 Å². The average Bonchev–Trinajstić information content (AvgIpc) is 2.71.